The van der Waals surface area contributed by atoms with Crippen LogP contribution in [0.15, 0.2) is 42.5 Å². The van der Waals surface area contributed by atoms with Crippen LogP contribution in [0.5, 0.6) is 0 Å². The molecular formula is C17H15ClN2O3S. The fourth-order valence-corrected chi connectivity index (χ4v) is 3.69. The SMILES string of the molecule is O=C(c1ccc(Cl)cc1)c1cc([N+](=O)[O-])ccc1N1CCSCC1. The van der Waals surface area contributed by atoms with E-state index in [-0.39, 0.29) is 11.5 Å². The first kappa shape index (κ1) is 16.8. The maximum absolute atomic E-state index is 12.9. The topological polar surface area (TPSA) is 63.4 Å². The van der Waals surface area contributed by atoms with Gasteiger partial charge in [0.05, 0.1) is 10.5 Å². The Kier molecular flexibility index (Phi) is 5.06. The Labute approximate surface area is 148 Å². The Hall–Kier alpha value is -2.05. The summed E-state index contributed by atoms with van der Waals surface area (Å²) in [4.78, 5) is 25.6. The molecule has 2 aromatic rings. The first-order valence-electron chi connectivity index (χ1n) is 7.47. The van der Waals surface area contributed by atoms with Crippen LogP contribution in [-0.4, -0.2) is 35.3 Å². The molecule has 0 aliphatic carbocycles. The van der Waals surface area contributed by atoms with Crippen molar-refractivity contribution in [1.29, 1.82) is 0 Å². The van der Waals surface area contributed by atoms with Crippen LogP contribution in [0.1, 0.15) is 15.9 Å². The molecule has 0 radical (unpaired) electrons. The summed E-state index contributed by atoms with van der Waals surface area (Å²) in [7, 11) is 0. The van der Waals surface area contributed by atoms with E-state index in [1.165, 1.54) is 12.1 Å². The van der Waals surface area contributed by atoms with Gasteiger partial charge in [-0.3, -0.25) is 14.9 Å². The Morgan fingerprint density at radius 3 is 2.42 bits per heavy atom. The van der Waals surface area contributed by atoms with Gasteiger partial charge in [-0.25, -0.2) is 0 Å². The molecule has 0 N–H and O–H groups in total. The molecular weight excluding hydrogens is 348 g/mol. The van der Waals surface area contributed by atoms with E-state index in [1.54, 1.807) is 30.3 Å². The van der Waals surface area contributed by atoms with Crippen molar-refractivity contribution in [3.63, 3.8) is 0 Å². The molecule has 0 saturated carbocycles. The first-order valence-corrected chi connectivity index (χ1v) is 9.01. The Morgan fingerprint density at radius 1 is 1.12 bits per heavy atom. The number of nitro groups is 1. The molecule has 1 aliphatic heterocycles. The van der Waals surface area contributed by atoms with Crippen molar-refractivity contribution < 1.29 is 9.72 Å². The van der Waals surface area contributed by atoms with Gasteiger partial charge in [0.15, 0.2) is 5.78 Å². The molecule has 0 atom stereocenters. The van der Waals surface area contributed by atoms with Gasteiger partial charge in [0.1, 0.15) is 0 Å². The minimum absolute atomic E-state index is 0.0811. The van der Waals surface area contributed by atoms with Gasteiger partial charge >= 0.3 is 0 Å². The number of anilines is 1. The molecule has 0 aromatic heterocycles. The number of nitrogens with zero attached hydrogens (tertiary/aromatic N) is 2. The standard InChI is InChI=1S/C17H15ClN2O3S/c18-13-3-1-12(2-4-13)17(21)15-11-14(20(22)23)5-6-16(15)19-7-9-24-10-8-19/h1-6,11H,7-10H2. The zero-order valence-electron chi connectivity index (χ0n) is 12.8. The quantitative estimate of drug-likeness (QED) is 0.466. The Balaban J connectivity index is 2.04. The second-order valence-corrected chi connectivity index (χ2v) is 7.06. The molecule has 5 nitrogen and oxygen atoms in total. The summed E-state index contributed by atoms with van der Waals surface area (Å²) in [5, 5.41) is 11.6. The van der Waals surface area contributed by atoms with Crippen molar-refractivity contribution in [3.8, 4) is 0 Å². The molecule has 0 bridgehead atoms. The van der Waals surface area contributed by atoms with Crippen LogP contribution in [0.4, 0.5) is 11.4 Å². The largest absolute Gasteiger partial charge is 0.369 e. The van der Waals surface area contributed by atoms with Gasteiger partial charge in [-0.15, -0.1) is 0 Å². The second kappa shape index (κ2) is 7.23. The number of rotatable bonds is 4. The van der Waals surface area contributed by atoms with E-state index in [4.69, 9.17) is 11.6 Å². The Morgan fingerprint density at radius 2 is 1.79 bits per heavy atom. The van der Waals surface area contributed by atoms with Crippen molar-refractivity contribution in [2.75, 3.05) is 29.5 Å². The summed E-state index contributed by atoms with van der Waals surface area (Å²) in [6.45, 7) is 1.65. The average Bonchev–Trinajstić information content (AvgIpc) is 2.62. The van der Waals surface area contributed by atoms with E-state index in [2.05, 4.69) is 4.90 Å². The molecule has 0 amide bonds. The third kappa shape index (κ3) is 3.55. The number of nitro benzene ring substituents is 1. The van der Waals surface area contributed by atoms with E-state index in [0.717, 1.165) is 30.3 Å². The molecule has 1 heterocycles. The first-order chi connectivity index (χ1) is 11.6. The average molecular weight is 363 g/mol. The van der Waals surface area contributed by atoms with Gasteiger partial charge in [0, 0.05) is 53.0 Å². The van der Waals surface area contributed by atoms with Crippen LogP contribution < -0.4 is 4.90 Å². The molecule has 3 rings (SSSR count). The number of non-ortho nitro benzene ring substituents is 1. The number of ketones is 1. The molecule has 1 aliphatic rings. The third-order valence-electron chi connectivity index (χ3n) is 3.89. The predicted octanol–water partition coefficient (Wildman–Crippen LogP) is 4.03. The highest BCUT2D eigenvalue weighted by molar-refractivity contribution is 7.99. The van der Waals surface area contributed by atoms with E-state index in [9.17, 15) is 14.9 Å². The van der Waals surface area contributed by atoms with E-state index in [1.807, 2.05) is 11.8 Å². The predicted molar refractivity (Wildman–Crippen MR) is 97.5 cm³/mol. The lowest BCUT2D eigenvalue weighted by molar-refractivity contribution is -0.384. The van der Waals surface area contributed by atoms with Gasteiger partial charge in [0.2, 0.25) is 0 Å². The van der Waals surface area contributed by atoms with Crippen LogP contribution in [0.25, 0.3) is 0 Å². The van der Waals surface area contributed by atoms with Crippen LogP contribution in [0.2, 0.25) is 5.02 Å². The van der Waals surface area contributed by atoms with Gasteiger partial charge in [0.25, 0.3) is 5.69 Å². The highest BCUT2D eigenvalue weighted by Crippen LogP contribution is 2.29. The van der Waals surface area contributed by atoms with Crippen molar-refractivity contribution in [2.45, 2.75) is 0 Å². The summed E-state index contributed by atoms with van der Waals surface area (Å²) in [6, 6.07) is 11.1. The minimum Gasteiger partial charge on any atom is -0.369 e. The van der Waals surface area contributed by atoms with Crippen molar-refractivity contribution in [3.05, 3.63) is 68.7 Å². The number of thioether (sulfide) groups is 1. The van der Waals surface area contributed by atoms with Crippen LogP contribution in [0, 0.1) is 10.1 Å². The highest BCUT2D eigenvalue weighted by Gasteiger charge is 2.22. The smallest absolute Gasteiger partial charge is 0.270 e. The van der Waals surface area contributed by atoms with Crippen molar-refractivity contribution in [2.24, 2.45) is 0 Å². The molecule has 1 saturated heterocycles. The zero-order chi connectivity index (χ0) is 17.1. The van der Waals surface area contributed by atoms with Crippen LogP contribution >= 0.6 is 23.4 Å². The zero-order valence-corrected chi connectivity index (χ0v) is 14.3. The van der Waals surface area contributed by atoms with Gasteiger partial charge < -0.3 is 4.90 Å². The fraction of sp³-hybridized carbons (Fsp3) is 0.235. The summed E-state index contributed by atoms with van der Waals surface area (Å²) < 4.78 is 0. The maximum atomic E-state index is 12.9. The second-order valence-electron chi connectivity index (χ2n) is 5.39. The summed E-state index contributed by atoms with van der Waals surface area (Å²) >= 11 is 7.74. The molecule has 0 unspecified atom stereocenters. The molecule has 1 fully saturated rings. The number of carbonyl (C=O) groups excluding carboxylic acids is 1. The Bertz CT molecular complexity index is 774. The molecule has 24 heavy (non-hydrogen) atoms. The summed E-state index contributed by atoms with van der Waals surface area (Å²) in [6.07, 6.45) is 0. The van der Waals surface area contributed by atoms with Crippen LogP contribution in [-0.2, 0) is 0 Å². The van der Waals surface area contributed by atoms with E-state index in [0.29, 0.717) is 16.1 Å². The number of hydrogen-bond donors (Lipinski definition) is 0. The monoisotopic (exact) mass is 362 g/mol. The summed E-state index contributed by atoms with van der Waals surface area (Å²) in [5.74, 6) is 1.72. The lowest BCUT2D eigenvalue weighted by atomic mass is 10.00. The maximum Gasteiger partial charge on any atom is 0.270 e. The van der Waals surface area contributed by atoms with E-state index < -0.39 is 4.92 Å². The lowest BCUT2D eigenvalue weighted by Gasteiger charge is -2.30. The number of halogens is 1. The van der Waals surface area contributed by atoms with Crippen molar-refractivity contribution >= 4 is 40.5 Å². The molecule has 0 spiro atoms. The molecule has 7 heteroatoms. The number of hydrogen-bond acceptors (Lipinski definition) is 5. The highest BCUT2D eigenvalue weighted by atomic mass is 35.5. The summed E-state index contributed by atoms with van der Waals surface area (Å²) in [5.41, 5.74) is 1.49. The normalized spacial score (nSPS) is 14.5. The number of carbonyl (C=O) groups is 1. The van der Waals surface area contributed by atoms with E-state index >= 15 is 0 Å². The van der Waals surface area contributed by atoms with Gasteiger partial charge in [-0.2, -0.15) is 11.8 Å². The van der Waals surface area contributed by atoms with Crippen LogP contribution in [0.3, 0.4) is 0 Å². The number of benzene rings is 2. The molecule has 2 aromatic carbocycles. The fourth-order valence-electron chi connectivity index (χ4n) is 2.66. The van der Waals surface area contributed by atoms with Gasteiger partial charge in [-0.05, 0) is 30.3 Å². The molecule has 124 valence electrons. The minimum atomic E-state index is -0.478. The van der Waals surface area contributed by atoms with Crippen molar-refractivity contribution in [1.82, 2.24) is 0 Å². The third-order valence-corrected chi connectivity index (χ3v) is 5.09. The van der Waals surface area contributed by atoms with Gasteiger partial charge in [-0.1, -0.05) is 11.6 Å². The lowest BCUT2D eigenvalue weighted by Crippen LogP contribution is -2.33.